The van der Waals surface area contributed by atoms with Crippen molar-refractivity contribution in [3.63, 3.8) is 0 Å². The summed E-state index contributed by atoms with van der Waals surface area (Å²) in [6, 6.07) is 7.91. The van der Waals surface area contributed by atoms with Crippen LogP contribution in [-0.2, 0) is 0 Å². The van der Waals surface area contributed by atoms with Crippen LogP contribution in [0.5, 0.6) is 0 Å². The molecule has 0 fully saturated rings. The Morgan fingerprint density at radius 3 is 2.92 bits per heavy atom. The molecule has 0 atom stereocenters. The van der Waals surface area contributed by atoms with Crippen molar-refractivity contribution < 1.29 is 0 Å². The zero-order valence-electron chi connectivity index (χ0n) is 6.23. The second kappa shape index (κ2) is 2.60. The first kappa shape index (κ1) is 6.76. The number of rotatable bonds is 2. The lowest BCUT2D eigenvalue weighted by atomic mass is 9.94. The fourth-order valence-electron chi connectivity index (χ4n) is 1.19. The topological polar surface area (TPSA) is 60.8 Å². The van der Waals surface area contributed by atoms with Gasteiger partial charge in [-0.05, 0) is 16.9 Å². The maximum atomic E-state index is 8.05. The van der Waals surface area contributed by atoms with E-state index in [1.165, 1.54) is 5.56 Å². The molecule has 0 unspecified atom stereocenters. The highest BCUT2D eigenvalue weighted by Crippen LogP contribution is 2.29. The normalized spacial score (nSPS) is 11.8. The quantitative estimate of drug-likeness (QED) is 0.305. The number of fused-ring (bicyclic) bond motifs is 1. The average molecular weight is 158 g/mol. The van der Waals surface area contributed by atoms with E-state index >= 15 is 0 Å². The van der Waals surface area contributed by atoms with E-state index < -0.39 is 0 Å². The number of azide groups is 1. The summed E-state index contributed by atoms with van der Waals surface area (Å²) in [7, 11) is 0. The first-order valence-electron chi connectivity index (χ1n) is 3.53. The minimum atomic E-state index is 0.878. The Morgan fingerprint density at radius 1 is 1.33 bits per heavy atom. The summed E-state index contributed by atoms with van der Waals surface area (Å²) in [6.07, 6.45) is 1.93. The molecule has 0 bridgehead atoms. The molecule has 0 aliphatic heterocycles. The minimum absolute atomic E-state index is 0.878. The van der Waals surface area contributed by atoms with Gasteiger partial charge in [-0.3, -0.25) is 0 Å². The summed E-state index contributed by atoms with van der Waals surface area (Å²) in [4.78, 5) is 2.60. The zero-order chi connectivity index (χ0) is 8.39. The van der Waals surface area contributed by atoms with Gasteiger partial charge >= 0.3 is 0 Å². The van der Waals surface area contributed by atoms with Crippen molar-refractivity contribution in [2.75, 3.05) is 0 Å². The minimum Gasteiger partial charge on any atom is -0.227 e. The van der Waals surface area contributed by atoms with Gasteiger partial charge in [0.15, 0.2) is 0 Å². The maximum absolute atomic E-state index is 8.05. The molecule has 0 saturated carbocycles. The lowest BCUT2D eigenvalue weighted by Crippen LogP contribution is -2.10. The molecule has 0 spiro atoms. The molecule has 0 amide bonds. The van der Waals surface area contributed by atoms with Crippen molar-refractivity contribution in [2.45, 2.75) is 0 Å². The van der Waals surface area contributed by atoms with Crippen LogP contribution in [0, 0.1) is 0 Å². The molecule has 0 radical (unpaired) electrons. The van der Waals surface area contributed by atoms with Crippen LogP contribution < -0.4 is 5.43 Å². The first-order chi connectivity index (χ1) is 5.92. The van der Waals surface area contributed by atoms with E-state index in [4.69, 9.17) is 5.53 Å². The second-order valence-corrected chi connectivity index (χ2v) is 2.45. The van der Waals surface area contributed by atoms with Gasteiger partial charge in [0.2, 0.25) is 0 Å². The fraction of sp³-hybridized carbons (Fsp3) is 0. The molecule has 0 aromatic heterocycles. The highest BCUT2D eigenvalue weighted by molar-refractivity contribution is 5.94. The van der Waals surface area contributed by atoms with Crippen LogP contribution in [0.15, 0.2) is 29.5 Å². The van der Waals surface area contributed by atoms with Gasteiger partial charge in [-0.1, -0.05) is 24.3 Å². The largest absolute Gasteiger partial charge is 0.227 e. The third kappa shape index (κ3) is 0.909. The molecule has 0 heterocycles. The molecule has 12 heavy (non-hydrogen) atoms. The van der Waals surface area contributed by atoms with Crippen molar-refractivity contribution in [1.29, 1.82) is 0 Å². The van der Waals surface area contributed by atoms with E-state index in [1.807, 2.05) is 30.3 Å². The van der Waals surface area contributed by atoms with Crippen molar-refractivity contribution in [1.82, 2.24) is 5.43 Å². The van der Waals surface area contributed by atoms with Crippen LogP contribution in [0.4, 0.5) is 0 Å². The van der Waals surface area contributed by atoms with Crippen LogP contribution >= 0.6 is 0 Å². The third-order valence-corrected chi connectivity index (χ3v) is 1.77. The second-order valence-electron chi connectivity index (χ2n) is 2.45. The average Bonchev–Trinajstić information content (AvgIpc) is 2.07. The molecule has 4 heteroatoms. The summed E-state index contributed by atoms with van der Waals surface area (Å²) in [5.74, 6) is 0. The Labute approximate surface area is 69.1 Å². The Bertz CT molecular complexity index is 388. The Hall–Kier alpha value is -1.93. The monoisotopic (exact) mass is 158 g/mol. The van der Waals surface area contributed by atoms with Gasteiger partial charge in [0.05, 0.1) is 0 Å². The standard InChI is InChI=1S/C8H6N4/c9-11-12-10-8-5-6-3-1-2-4-7(6)8/h1-5,10H. The van der Waals surface area contributed by atoms with Crippen LogP contribution in [0.25, 0.3) is 22.2 Å². The van der Waals surface area contributed by atoms with E-state index in [9.17, 15) is 0 Å². The summed E-state index contributed by atoms with van der Waals surface area (Å²) >= 11 is 0. The van der Waals surface area contributed by atoms with Gasteiger partial charge in [-0.2, -0.15) is 4.91 Å². The summed E-state index contributed by atoms with van der Waals surface area (Å²) in [5.41, 5.74) is 13.8. The van der Waals surface area contributed by atoms with Crippen molar-refractivity contribution in [2.24, 2.45) is 5.22 Å². The van der Waals surface area contributed by atoms with Crippen LogP contribution in [-0.4, -0.2) is 0 Å². The SMILES string of the molecule is [N-]=[N+]=NNC1=Cc2ccccc21. The number of hydrogen-bond donors (Lipinski definition) is 1. The van der Waals surface area contributed by atoms with Crippen molar-refractivity contribution in [3.05, 3.63) is 45.8 Å². The zero-order valence-corrected chi connectivity index (χ0v) is 6.23. The van der Waals surface area contributed by atoms with Crippen molar-refractivity contribution in [3.8, 4) is 0 Å². The Balaban J connectivity index is 2.22. The molecule has 2 rings (SSSR count). The van der Waals surface area contributed by atoms with Gasteiger partial charge in [0.1, 0.15) is 5.70 Å². The molecule has 1 aliphatic carbocycles. The number of nitrogens with zero attached hydrogens (tertiary/aromatic N) is 3. The van der Waals surface area contributed by atoms with E-state index in [0.717, 1.165) is 11.3 Å². The smallest absolute Gasteiger partial charge is 0.136 e. The maximum Gasteiger partial charge on any atom is 0.136 e. The molecular formula is C8H6N4. The Kier molecular flexibility index (Phi) is 1.47. The van der Waals surface area contributed by atoms with Crippen LogP contribution in [0.3, 0.4) is 0 Å². The third-order valence-electron chi connectivity index (χ3n) is 1.77. The number of nitrogens with one attached hydrogen (secondary N) is 1. The van der Waals surface area contributed by atoms with E-state index in [2.05, 4.69) is 15.6 Å². The molecule has 1 aliphatic rings. The summed E-state index contributed by atoms with van der Waals surface area (Å²) < 4.78 is 0. The highest BCUT2D eigenvalue weighted by atomic mass is 15.4. The molecule has 58 valence electrons. The Morgan fingerprint density at radius 2 is 2.17 bits per heavy atom. The summed E-state index contributed by atoms with van der Waals surface area (Å²) in [6.45, 7) is 0. The molecule has 4 nitrogen and oxygen atoms in total. The van der Waals surface area contributed by atoms with Gasteiger partial charge in [-0.25, -0.2) is 5.43 Å². The van der Waals surface area contributed by atoms with E-state index in [1.54, 1.807) is 0 Å². The van der Waals surface area contributed by atoms with Gasteiger partial charge < -0.3 is 0 Å². The molecule has 1 N–H and O–H groups in total. The van der Waals surface area contributed by atoms with Gasteiger partial charge in [0.25, 0.3) is 0 Å². The predicted octanol–water partition coefficient (Wildman–Crippen LogP) is 2.31. The first-order valence-corrected chi connectivity index (χ1v) is 3.53. The van der Waals surface area contributed by atoms with Crippen LogP contribution in [0.2, 0.25) is 0 Å². The lowest BCUT2D eigenvalue weighted by molar-refractivity contribution is 0.967. The van der Waals surface area contributed by atoms with E-state index in [0.29, 0.717) is 0 Å². The fourth-order valence-corrected chi connectivity index (χ4v) is 1.19. The molecule has 1 aromatic rings. The van der Waals surface area contributed by atoms with Gasteiger partial charge in [0, 0.05) is 5.56 Å². The predicted molar refractivity (Wildman–Crippen MR) is 46.6 cm³/mol. The van der Waals surface area contributed by atoms with Crippen LogP contribution in [0.1, 0.15) is 11.1 Å². The highest BCUT2D eigenvalue weighted by Gasteiger charge is 2.16. The number of benzene rings is 1. The van der Waals surface area contributed by atoms with E-state index in [-0.39, 0.29) is 0 Å². The lowest BCUT2D eigenvalue weighted by Gasteiger charge is -2.14. The molecule has 1 aromatic carbocycles. The molecular weight excluding hydrogens is 152 g/mol. The number of hydrogen-bond acceptors (Lipinski definition) is 1. The van der Waals surface area contributed by atoms with Crippen molar-refractivity contribution >= 4 is 11.8 Å². The summed E-state index contributed by atoms with van der Waals surface area (Å²) in [5, 5.41) is 3.25. The van der Waals surface area contributed by atoms with Gasteiger partial charge in [-0.15, -0.1) is 5.53 Å². The molecule has 0 saturated heterocycles.